The van der Waals surface area contributed by atoms with Gasteiger partial charge in [-0.25, -0.2) is 0 Å². The molecule has 1 aliphatic rings. The van der Waals surface area contributed by atoms with Gasteiger partial charge in [0.05, 0.1) is 6.54 Å². The van der Waals surface area contributed by atoms with Gasteiger partial charge in [0.15, 0.2) is 0 Å². The minimum atomic E-state index is -0.896. The van der Waals surface area contributed by atoms with Gasteiger partial charge in [0.25, 0.3) is 0 Å². The SMILES string of the molecule is Cc1ccc(CN(C)C(=O)CCC2(CCC(=O)O)CCC(=O)N2)o1. The van der Waals surface area contributed by atoms with Gasteiger partial charge in [-0.05, 0) is 38.3 Å². The standard InChI is InChI=1S/C17H24N2O5/c1-12-3-4-13(24-12)11-19(2)15(21)6-9-17(10-7-16(22)23)8-5-14(20)18-17/h3-4H,5-11H2,1-2H3,(H,18,20)(H,22,23). The highest BCUT2D eigenvalue weighted by molar-refractivity contribution is 5.80. The summed E-state index contributed by atoms with van der Waals surface area (Å²) < 4.78 is 5.46. The first-order valence-electron chi connectivity index (χ1n) is 8.12. The van der Waals surface area contributed by atoms with Crippen LogP contribution in [-0.4, -0.2) is 40.4 Å². The molecule has 1 unspecified atom stereocenters. The number of aryl methyl sites for hydroxylation is 1. The number of carbonyl (C=O) groups excluding carboxylic acids is 2. The van der Waals surface area contributed by atoms with E-state index in [1.807, 2.05) is 19.1 Å². The Balaban J connectivity index is 1.89. The van der Waals surface area contributed by atoms with E-state index in [0.29, 0.717) is 32.2 Å². The van der Waals surface area contributed by atoms with E-state index < -0.39 is 11.5 Å². The van der Waals surface area contributed by atoms with Crippen LogP contribution in [0.25, 0.3) is 0 Å². The summed E-state index contributed by atoms with van der Waals surface area (Å²) in [5.41, 5.74) is -0.576. The number of carboxylic acids is 1. The Morgan fingerprint density at radius 2 is 2.04 bits per heavy atom. The number of hydrogen-bond donors (Lipinski definition) is 2. The zero-order chi connectivity index (χ0) is 17.7. The van der Waals surface area contributed by atoms with E-state index in [1.54, 1.807) is 11.9 Å². The van der Waals surface area contributed by atoms with Crippen molar-refractivity contribution in [3.8, 4) is 0 Å². The minimum absolute atomic E-state index is 0.0179. The Bertz CT molecular complexity index is 624. The van der Waals surface area contributed by atoms with Crippen LogP contribution in [0.5, 0.6) is 0 Å². The van der Waals surface area contributed by atoms with Gasteiger partial charge in [-0.15, -0.1) is 0 Å². The maximum absolute atomic E-state index is 12.3. The van der Waals surface area contributed by atoms with E-state index in [-0.39, 0.29) is 24.7 Å². The molecule has 2 N–H and O–H groups in total. The van der Waals surface area contributed by atoms with Crippen molar-refractivity contribution >= 4 is 17.8 Å². The molecule has 1 atom stereocenters. The lowest BCUT2D eigenvalue weighted by atomic mass is 9.86. The number of nitrogens with zero attached hydrogens (tertiary/aromatic N) is 1. The van der Waals surface area contributed by atoms with Crippen LogP contribution >= 0.6 is 0 Å². The molecule has 1 aliphatic heterocycles. The summed E-state index contributed by atoms with van der Waals surface area (Å²) in [7, 11) is 1.71. The van der Waals surface area contributed by atoms with Crippen molar-refractivity contribution in [3.05, 3.63) is 23.7 Å². The van der Waals surface area contributed by atoms with E-state index in [0.717, 1.165) is 11.5 Å². The van der Waals surface area contributed by atoms with Crippen molar-refractivity contribution in [1.29, 1.82) is 0 Å². The summed E-state index contributed by atoms with van der Waals surface area (Å²) in [5, 5.41) is 11.8. The molecule has 7 nitrogen and oxygen atoms in total. The summed E-state index contributed by atoms with van der Waals surface area (Å²) >= 11 is 0. The molecule has 0 aromatic carbocycles. The average Bonchev–Trinajstić information content (AvgIpc) is 3.09. The Hall–Kier alpha value is -2.31. The molecule has 2 heterocycles. The second-order valence-corrected chi connectivity index (χ2v) is 6.48. The predicted molar refractivity (Wildman–Crippen MR) is 86.1 cm³/mol. The first-order chi connectivity index (χ1) is 11.3. The van der Waals surface area contributed by atoms with Gasteiger partial charge < -0.3 is 19.7 Å². The molecule has 0 saturated carbocycles. The summed E-state index contributed by atoms with van der Waals surface area (Å²) in [6.07, 6.45) is 2.00. The number of furan rings is 1. The third kappa shape index (κ3) is 4.84. The Labute approximate surface area is 141 Å². The fourth-order valence-electron chi connectivity index (χ4n) is 3.05. The topological polar surface area (TPSA) is 99.9 Å². The van der Waals surface area contributed by atoms with Crippen molar-refractivity contribution in [2.24, 2.45) is 0 Å². The van der Waals surface area contributed by atoms with Gasteiger partial charge in [-0.3, -0.25) is 14.4 Å². The molecule has 0 bridgehead atoms. The summed E-state index contributed by atoms with van der Waals surface area (Å²) in [6, 6.07) is 3.69. The number of rotatable bonds is 8. The molecule has 132 valence electrons. The lowest BCUT2D eigenvalue weighted by Gasteiger charge is -2.29. The molecule has 7 heteroatoms. The number of carboxylic acid groups (broad SMARTS) is 1. The van der Waals surface area contributed by atoms with Crippen LogP contribution in [0.1, 0.15) is 50.0 Å². The van der Waals surface area contributed by atoms with Gasteiger partial charge in [-0.1, -0.05) is 0 Å². The average molecular weight is 336 g/mol. The fraction of sp³-hybridized carbons (Fsp3) is 0.588. The van der Waals surface area contributed by atoms with Crippen molar-refractivity contribution in [3.63, 3.8) is 0 Å². The summed E-state index contributed by atoms with van der Waals surface area (Å²) in [6.45, 7) is 2.24. The molecular weight excluding hydrogens is 312 g/mol. The van der Waals surface area contributed by atoms with Crippen LogP contribution in [0, 0.1) is 6.92 Å². The lowest BCUT2D eigenvalue weighted by Crippen LogP contribution is -2.43. The second kappa shape index (κ2) is 7.51. The van der Waals surface area contributed by atoms with E-state index in [2.05, 4.69) is 5.32 Å². The Morgan fingerprint density at radius 1 is 1.33 bits per heavy atom. The van der Waals surface area contributed by atoms with Crippen molar-refractivity contribution in [2.45, 2.75) is 57.5 Å². The minimum Gasteiger partial charge on any atom is -0.481 e. The van der Waals surface area contributed by atoms with Crippen LogP contribution in [0.3, 0.4) is 0 Å². The normalized spacial score (nSPS) is 20.0. The first kappa shape index (κ1) is 18.0. The van der Waals surface area contributed by atoms with Crippen LogP contribution in [-0.2, 0) is 20.9 Å². The van der Waals surface area contributed by atoms with Crippen molar-refractivity contribution in [1.82, 2.24) is 10.2 Å². The number of amides is 2. The molecule has 1 fully saturated rings. The zero-order valence-electron chi connectivity index (χ0n) is 14.1. The van der Waals surface area contributed by atoms with Gasteiger partial charge in [0.1, 0.15) is 11.5 Å². The van der Waals surface area contributed by atoms with E-state index in [1.165, 1.54) is 0 Å². The smallest absolute Gasteiger partial charge is 0.303 e. The van der Waals surface area contributed by atoms with Crippen LogP contribution < -0.4 is 5.32 Å². The number of aliphatic carboxylic acids is 1. The summed E-state index contributed by atoms with van der Waals surface area (Å²) in [4.78, 5) is 36.3. The highest BCUT2D eigenvalue weighted by atomic mass is 16.4. The molecule has 1 aromatic rings. The molecule has 0 aliphatic carbocycles. The zero-order valence-corrected chi connectivity index (χ0v) is 14.1. The number of nitrogens with one attached hydrogen (secondary N) is 1. The van der Waals surface area contributed by atoms with Crippen LogP contribution in [0.4, 0.5) is 0 Å². The summed E-state index contributed by atoms with van der Waals surface area (Å²) in [5.74, 6) is 0.490. The quantitative estimate of drug-likeness (QED) is 0.754. The van der Waals surface area contributed by atoms with Crippen molar-refractivity contribution < 1.29 is 23.9 Å². The van der Waals surface area contributed by atoms with E-state index in [4.69, 9.17) is 9.52 Å². The van der Waals surface area contributed by atoms with Gasteiger partial charge >= 0.3 is 5.97 Å². The third-order valence-corrected chi connectivity index (χ3v) is 4.48. The van der Waals surface area contributed by atoms with E-state index >= 15 is 0 Å². The second-order valence-electron chi connectivity index (χ2n) is 6.48. The highest BCUT2D eigenvalue weighted by Gasteiger charge is 2.38. The maximum Gasteiger partial charge on any atom is 0.303 e. The third-order valence-electron chi connectivity index (χ3n) is 4.48. The van der Waals surface area contributed by atoms with E-state index in [9.17, 15) is 14.4 Å². The van der Waals surface area contributed by atoms with Crippen LogP contribution in [0.2, 0.25) is 0 Å². The predicted octanol–water partition coefficient (Wildman–Crippen LogP) is 1.84. The Kier molecular flexibility index (Phi) is 5.64. The number of hydrogen-bond acceptors (Lipinski definition) is 4. The van der Waals surface area contributed by atoms with Crippen molar-refractivity contribution in [2.75, 3.05) is 7.05 Å². The van der Waals surface area contributed by atoms with Crippen LogP contribution in [0.15, 0.2) is 16.5 Å². The maximum atomic E-state index is 12.3. The molecule has 0 spiro atoms. The van der Waals surface area contributed by atoms with Gasteiger partial charge in [-0.2, -0.15) is 0 Å². The molecule has 24 heavy (non-hydrogen) atoms. The number of carbonyl (C=O) groups is 3. The Morgan fingerprint density at radius 3 is 2.58 bits per heavy atom. The largest absolute Gasteiger partial charge is 0.481 e. The van der Waals surface area contributed by atoms with Gasteiger partial charge in [0, 0.05) is 31.8 Å². The monoisotopic (exact) mass is 336 g/mol. The lowest BCUT2D eigenvalue weighted by molar-refractivity contribution is -0.137. The molecule has 2 rings (SSSR count). The fourth-order valence-corrected chi connectivity index (χ4v) is 3.05. The molecule has 2 amide bonds. The molecule has 1 saturated heterocycles. The molecule has 0 radical (unpaired) electrons. The molecule has 1 aromatic heterocycles. The highest BCUT2D eigenvalue weighted by Crippen LogP contribution is 2.30. The first-order valence-corrected chi connectivity index (χ1v) is 8.12. The molecular formula is C17H24N2O5. The van der Waals surface area contributed by atoms with Gasteiger partial charge in [0.2, 0.25) is 11.8 Å².